The lowest BCUT2D eigenvalue weighted by Crippen LogP contribution is -2.01. The van der Waals surface area contributed by atoms with Crippen molar-refractivity contribution in [1.29, 1.82) is 0 Å². The van der Waals surface area contributed by atoms with Crippen molar-refractivity contribution in [1.82, 2.24) is 0 Å². The standard InChI is InChI=1S/C11H15NO/c1-2-8-13-9-7-10-5-3-4-6-11(10)12/h2-6H,1,7-9,12H2. The molecule has 0 aromatic heterocycles. The number of nitrogen functional groups attached to an aromatic ring is 1. The van der Waals surface area contributed by atoms with Crippen LogP contribution in [0.25, 0.3) is 0 Å². The number of para-hydroxylation sites is 1. The summed E-state index contributed by atoms with van der Waals surface area (Å²) in [4.78, 5) is 0. The molecule has 0 radical (unpaired) electrons. The Bertz CT molecular complexity index is 271. The highest BCUT2D eigenvalue weighted by Crippen LogP contribution is 2.10. The van der Waals surface area contributed by atoms with Crippen molar-refractivity contribution in [3.63, 3.8) is 0 Å². The lowest BCUT2D eigenvalue weighted by molar-refractivity contribution is 0.166. The van der Waals surface area contributed by atoms with E-state index in [1.54, 1.807) is 6.08 Å². The Kier molecular flexibility index (Phi) is 4.06. The normalized spacial score (nSPS) is 9.85. The van der Waals surface area contributed by atoms with Crippen molar-refractivity contribution in [3.05, 3.63) is 42.5 Å². The monoisotopic (exact) mass is 177 g/mol. The molecule has 0 aliphatic carbocycles. The van der Waals surface area contributed by atoms with Crippen LogP contribution in [0.15, 0.2) is 36.9 Å². The lowest BCUT2D eigenvalue weighted by atomic mass is 10.1. The van der Waals surface area contributed by atoms with Crippen LogP contribution >= 0.6 is 0 Å². The van der Waals surface area contributed by atoms with E-state index in [2.05, 4.69) is 6.58 Å². The van der Waals surface area contributed by atoms with Crippen LogP contribution in [0.4, 0.5) is 5.69 Å². The molecule has 0 heterocycles. The van der Waals surface area contributed by atoms with Crippen molar-refractivity contribution in [3.8, 4) is 0 Å². The van der Waals surface area contributed by atoms with Gasteiger partial charge in [-0.05, 0) is 18.1 Å². The van der Waals surface area contributed by atoms with Gasteiger partial charge in [-0.3, -0.25) is 0 Å². The minimum atomic E-state index is 0.604. The maximum Gasteiger partial charge on any atom is 0.0644 e. The van der Waals surface area contributed by atoms with Crippen LogP contribution in [0.3, 0.4) is 0 Å². The molecule has 1 rings (SSSR count). The summed E-state index contributed by atoms with van der Waals surface area (Å²) in [7, 11) is 0. The van der Waals surface area contributed by atoms with Crippen molar-refractivity contribution in [2.75, 3.05) is 18.9 Å². The van der Waals surface area contributed by atoms with Gasteiger partial charge in [0.1, 0.15) is 0 Å². The molecule has 0 spiro atoms. The van der Waals surface area contributed by atoms with Crippen LogP contribution in [0, 0.1) is 0 Å². The van der Waals surface area contributed by atoms with Gasteiger partial charge in [0.05, 0.1) is 13.2 Å². The van der Waals surface area contributed by atoms with E-state index in [9.17, 15) is 0 Å². The van der Waals surface area contributed by atoms with Crippen LogP contribution in [0.1, 0.15) is 5.56 Å². The molecule has 0 bridgehead atoms. The molecule has 0 fully saturated rings. The Balaban J connectivity index is 2.36. The molecule has 0 atom stereocenters. The summed E-state index contributed by atoms with van der Waals surface area (Å²) in [6, 6.07) is 7.85. The summed E-state index contributed by atoms with van der Waals surface area (Å²) in [5.41, 5.74) is 7.74. The zero-order valence-corrected chi connectivity index (χ0v) is 7.70. The molecule has 1 aromatic carbocycles. The fourth-order valence-electron chi connectivity index (χ4n) is 1.11. The number of hydrogen-bond donors (Lipinski definition) is 1. The van der Waals surface area contributed by atoms with E-state index in [1.807, 2.05) is 24.3 Å². The summed E-state index contributed by atoms with van der Waals surface area (Å²) in [5, 5.41) is 0. The van der Waals surface area contributed by atoms with Gasteiger partial charge in [-0.25, -0.2) is 0 Å². The molecule has 2 nitrogen and oxygen atoms in total. The van der Waals surface area contributed by atoms with E-state index in [4.69, 9.17) is 10.5 Å². The van der Waals surface area contributed by atoms with Crippen molar-refractivity contribution in [2.24, 2.45) is 0 Å². The number of rotatable bonds is 5. The Morgan fingerprint density at radius 1 is 1.38 bits per heavy atom. The third-order valence-corrected chi connectivity index (χ3v) is 1.81. The minimum Gasteiger partial charge on any atom is -0.399 e. The smallest absolute Gasteiger partial charge is 0.0644 e. The Morgan fingerprint density at radius 3 is 2.85 bits per heavy atom. The third-order valence-electron chi connectivity index (χ3n) is 1.81. The predicted octanol–water partition coefficient (Wildman–Crippen LogP) is 2.01. The summed E-state index contributed by atoms with van der Waals surface area (Å²) >= 11 is 0. The molecule has 0 aliphatic heterocycles. The Morgan fingerprint density at radius 2 is 2.15 bits per heavy atom. The number of ether oxygens (including phenoxy) is 1. The van der Waals surface area contributed by atoms with Crippen molar-refractivity contribution in [2.45, 2.75) is 6.42 Å². The molecule has 0 aliphatic rings. The van der Waals surface area contributed by atoms with E-state index >= 15 is 0 Å². The first-order chi connectivity index (χ1) is 6.34. The van der Waals surface area contributed by atoms with Crippen LogP contribution in [-0.2, 0) is 11.2 Å². The SMILES string of the molecule is C=CCOCCc1ccccc1N. The van der Waals surface area contributed by atoms with Gasteiger partial charge in [-0.2, -0.15) is 0 Å². The third kappa shape index (κ3) is 3.30. The van der Waals surface area contributed by atoms with E-state index in [0.29, 0.717) is 13.2 Å². The first kappa shape index (κ1) is 9.81. The number of nitrogens with two attached hydrogens (primary N) is 1. The first-order valence-electron chi connectivity index (χ1n) is 4.36. The van der Waals surface area contributed by atoms with E-state index in [0.717, 1.165) is 17.7 Å². The van der Waals surface area contributed by atoms with Gasteiger partial charge in [0, 0.05) is 5.69 Å². The van der Waals surface area contributed by atoms with Gasteiger partial charge in [0.25, 0.3) is 0 Å². The lowest BCUT2D eigenvalue weighted by Gasteiger charge is -2.04. The largest absolute Gasteiger partial charge is 0.399 e. The molecule has 0 unspecified atom stereocenters. The molecule has 0 saturated carbocycles. The molecular weight excluding hydrogens is 162 g/mol. The number of anilines is 1. The Hall–Kier alpha value is -1.28. The summed E-state index contributed by atoms with van der Waals surface area (Å²) in [6.45, 7) is 4.87. The van der Waals surface area contributed by atoms with Gasteiger partial charge in [0.2, 0.25) is 0 Å². The molecule has 2 N–H and O–H groups in total. The topological polar surface area (TPSA) is 35.2 Å². The average molecular weight is 177 g/mol. The van der Waals surface area contributed by atoms with Crippen molar-refractivity contribution < 1.29 is 4.74 Å². The first-order valence-corrected chi connectivity index (χ1v) is 4.36. The molecule has 0 amide bonds. The number of hydrogen-bond acceptors (Lipinski definition) is 2. The molecule has 70 valence electrons. The fourth-order valence-corrected chi connectivity index (χ4v) is 1.11. The highest BCUT2D eigenvalue weighted by atomic mass is 16.5. The van der Waals surface area contributed by atoms with Crippen LogP contribution in [0.5, 0.6) is 0 Å². The van der Waals surface area contributed by atoms with E-state index in [-0.39, 0.29) is 0 Å². The molecule has 2 heteroatoms. The summed E-state index contributed by atoms with van der Waals surface area (Å²) < 4.78 is 5.27. The van der Waals surface area contributed by atoms with Crippen LogP contribution < -0.4 is 5.73 Å². The maximum atomic E-state index is 5.76. The zero-order chi connectivity index (χ0) is 9.52. The second kappa shape index (κ2) is 5.38. The highest BCUT2D eigenvalue weighted by molar-refractivity contribution is 5.46. The van der Waals surface area contributed by atoms with Crippen LogP contribution in [-0.4, -0.2) is 13.2 Å². The summed E-state index contributed by atoms with van der Waals surface area (Å²) in [5.74, 6) is 0. The average Bonchev–Trinajstić information content (AvgIpc) is 2.15. The van der Waals surface area contributed by atoms with E-state index < -0.39 is 0 Å². The zero-order valence-electron chi connectivity index (χ0n) is 7.70. The van der Waals surface area contributed by atoms with Crippen molar-refractivity contribution >= 4 is 5.69 Å². The Labute approximate surface area is 79.0 Å². The molecule has 13 heavy (non-hydrogen) atoms. The fraction of sp³-hybridized carbons (Fsp3) is 0.273. The predicted molar refractivity (Wildman–Crippen MR) is 55.6 cm³/mol. The van der Waals surface area contributed by atoms with Gasteiger partial charge in [0.15, 0.2) is 0 Å². The molecular formula is C11H15NO. The van der Waals surface area contributed by atoms with Gasteiger partial charge >= 0.3 is 0 Å². The minimum absolute atomic E-state index is 0.604. The van der Waals surface area contributed by atoms with Crippen LogP contribution in [0.2, 0.25) is 0 Å². The van der Waals surface area contributed by atoms with Gasteiger partial charge in [-0.1, -0.05) is 24.3 Å². The van der Waals surface area contributed by atoms with Gasteiger partial charge < -0.3 is 10.5 Å². The van der Waals surface area contributed by atoms with E-state index in [1.165, 1.54) is 0 Å². The van der Waals surface area contributed by atoms with Gasteiger partial charge in [-0.15, -0.1) is 6.58 Å². The second-order valence-corrected chi connectivity index (χ2v) is 2.81. The maximum absolute atomic E-state index is 5.76. The number of benzene rings is 1. The molecule has 1 aromatic rings. The summed E-state index contributed by atoms with van der Waals surface area (Å²) in [6.07, 6.45) is 2.61. The highest BCUT2D eigenvalue weighted by Gasteiger charge is 1.96. The molecule has 0 saturated heterocycles. The quantitative estimate of drug-likeness (QED) is 0.424. The second-order valence-electron chi connectivity index (χ2n) is 2.81.